The second-order valence-corrected chi connectivity index (χ2v) is 9.07. The molecule has 1 fully saturated rings. The molecule has 2 atom stereocenters. The summed E-state index contributed by atoms with van der Waals surface area (Å²) in [6, 6.07) is 14.9. The van der Waals surface area contributed by atoms with Crippen LogP contribution in [0, 0.1) is 5.92 Å². The lowest BCUT2D eigenvalue weighted by atomic mass is 9.89. The van der Waals surface area contributed by atoms with E-state index in [0.717, 1.165) is 5.56 Å². The second kappa shape index (κ2) is 7.64. The van der Waals surface area contributed by atoms with Crippen LogP contribution < -0.4 is 5.73 Å². The zero-order valence-corrected chi connectivity index (χ0v) is 15.9. The number of benzene rings is 2. The van der Waals surface area contributed by atoms with Crippen LogP contribution in [0.2, 0.25) is 10.0 Å². The molecule has 0 unspecified atom stereocenters. The van der Waals surface area contributed by atoms with Gasteiger partial charge in [0, 0.05) is 34.6 Å². The van der Waals surface area contributed by atoms with E-state index in [-0.39, 0.29) is 17.6 Å². The number of hydrogen-bond donors (Lipinski definition) is 1. The van der Waals surface area contributed by atoms with E-state index < -0.39 is 10.0 Å². The minimum atomic E-state index is -3.53. The molecule has 0 spiro atoms. The highest BCUT2D eigenvalue weighted by molar-refractivity contribution is 7.88. The molecule has 0 aliphatic carbocycles. The van der Waals surface area contributed by atoms with Crippen LogP contribution in [0.1, 0.15) is 17.0 Å². The van der Waals surface area contributed by atoms with Crippen LogP contribution in [0.5, 0.6) is 0 Å². The summed E-state index contributed by atoms with van der Waals surface area (Å²) >= 11 is 12.3. The van der Waals surface area contributed by atoms with Gasteiger partial charge >= 0.3 is 0 Å². The van der Waals surface area contributed by atoms with Crippen molar-refractivity contribution in [3.8, 4) is 0 Å². The lowest BCUT2D eigenvalue weighted by Gasteiger charge is -2.18. The average molecular weight is 399 g/mol. The maximum Gasteiger partial charge on any atom is 0.218 e. The molecule has 25 heavy (non-hydrogen) atoms. The number of nitrogens with zero attached hydrogens (tertiary/aromatic N) is 1. The van der Waals surface area contributed by atoms with Gasteiger partial charge in [-0.3, -0.25) is 0 Å². The molecule has 2 aromatic rings. The predicted molar refractivity (Wildman–Crippen MR) is 102 cm³/mol. The highest BCUT2D eigenvalue weighted by Crippen LogP contribution is 2.35. The van der Waals surface area contributed by atoms with Gasteiger partial charge in [-0.05, 0) is 30.2 Å². The SMILES string of the molecule is NC[C@@H]1CN(S(=O)(=O)Cc2c(Cl)cccc2Cl)C[C@H]1c1ccccc1. The first kappa shape index (κ1) is 18.7. The highest BCUT2D eigenvalue weighted by Gasteiger charge is 2.39. The van der Waals surface area contributed by atoms with E-state index in [9.17, 15) is 8.42 Å². The zero-order chi connectivity index (χ0) is 18.0. The maximum atomic E-state index is 12.9. The molecule has 0 saturated carbocycles. The van der Waals surface area contributed by atoms with E-state index in [2.05, 4.69) is 0 Å². The van der Waals surface area contributed by atoms with Crippen molar-refractivity contribution >= 4 is 33.2 Å². The van der Waals surface area contributed by atoms with Crippen molar-refractivity contribution in [3.05, 3.63) is 69.7 Å². The first-order valence-corrected chi connectivity index (χ1v) is 10.4. The van der Waals surface area contributed by atoms with Crippen molar-refractivity contribution < 1.29 is 8.42 Å². The number of nitrogens with two attached hydrogens (primary N) is 1. The fourth-order valence-corrected chi connectivity index (χ4v) is 5.67. The Morgan fingerprint density at radius 3 is 2.24 bits per heavy atom. The zero-order valence-electron chi connectivity index (χ0n) is 13.6. The lowest BCUT2D eigenvalue weighted by Crippen LogP contribution is -2.31. The standard InChI is InChI=1S/C18H20Cl2N2O2S/c19-17-7-4-8-18(20)16(17)12-25(23,24)22-10-14(9-21)15(11-22)13-5-2-1-3-6-13/h1-8,14-15H,9-12,21H2/t14-,15+/m1/s1. The largest absolute Gasteiger partial charge is 0.330 e. The molecule has 7 heteroatoms. The normalized spacial score (nSPS) is 21.6. The first-order chi connectivity index (χ1) is 11.9. The molecule has 0 bridgehead atoms. The van der Waals surface area contributed by atoms with Crippen molar-refractivity contribution in [1.82, 2.24) is 4.31 Å². The lowest BCUT2D eigenvalue weighted by molar-refractivity contribution is 0.458. The van der Waals surface area contributed by atoms with Gasteiger partial charge in [-0.2, -0.15) is 0 Å². The number of rotatable bonds is 5. The molecule has 134 valence electrons. The molecule has 1 saturated heterocycles. The number of halogens is 2. The Morgan fingerprint density at radius 1 is 1.00 bits per heavy atom. The van der Waals surface area contributed by atoms with Crippen LogP contribution in [0.4, 0.5) is 0 Å². The summed E-state index contributed by atoms with van der Waals surface area (Å²) in [4.78, 5) is 0. The molecule has 1 aliphatic heterocycles. The number of sulfonamides is 1. The van der Waals surface area contributed by atoms with E-state index >= 15 is 0 Å². The first-order valence-electron chi connectivity index (χ1n) is 8.08. The maximum absolute atomic E-state index is 12.9. The van der Waals surface area contributed by atoms with Crippen LogP contribution >= 0.6 is 23.2 Å². The van der Waals surface area contributed by atoms with Crippen molar-refractivity contribution in [3.63, 3.8) is 0 Å². The Hall–Kier alpha value is -1.11. The minimum absolute atomic E-state index is 0.0962. The Bertz CT molecular complexity index is 823. The van der Waals surface area contributed by atoms with Crippen LogP contribution in [0.3, 0.4) is 0 Å². The van der Waals surface area contributed by atoms with Gasteiger partial charge in [-0.25, -0.2) is 12.7 Å². The Morgan fingerprint density at radius 2 is 1.64 bits per heavy atom. The topological polar surface area (TPSA) is 63.4 Å². The van der Waals surface area contributed by atoms with Gasteiger partial charge in [0.1, 0.15) is 0 Å². The second-order valence-electron chi connectivity index (χ2n) is 6.29. The van der Waals surface area contributed by atoms with Gasteiger partial charge < -0.3 is 5.73 Å². The molecule has 3 rings (SSSR count). The fourth-order valence-electron chi connectivity index (χ4n) is 3.32. The van der Waals surface area contributed by atoms with E-state index in [0.29, 0.717) is 35.2 Å². The molecule has 2 N–H and O–H groups in total. The van der Waals surface area contributed by atoms with E-state index in [1.54, 1.807) is 18.2 Å². The van der Waals surface area contributed by atoms with Crippen LogP contribution in [-0.2, 0) is 15.8 Å². The smallest absolute Gasteiger partial charge is 0.218 e. The van der Waals surface area contributed by atoms with Crippen molar-refractivity contribution in [2.45, 2.75) is 11.7 Å². The fraction of sp³-hybridized carbons (Fsp3) is 0.333. The summed E-state index contributed by atoms with van der Waals surface area (Å²) in [5.41, 5.74) is 7.46. The van der Waals surface area contributed by atoms with Crippen LogP contribution in [-0.4, -0.2) is 32.4 Å². The monoisotopic (exact) mass is 398 g/mol. The predicted octanol–water partition coefficient (Wildman–Crippen LogP) is 3.50. The van der Waals surface area contributed by atoms with E-state index in [1.807, 2.05) is 30.3 Å². The van der Waals surface area contributed by atoms with Crippen molar-refractivity contribution in [1.29, 1.82) is 0 Å². The Kier molecular flexibility index (Phi) is 5.71. The van der Waals surface area contributed by atoms with Crippen molar-refractivity contribution in [2.75, 3.05) is 19.6 Å². The third kappa shape index (κ3) is 4.01. The van der Waals surface area contributed by atoms with Gasteiger partial charge in [0.2, 0.25) is 10.0 Å². The summed E-state index contributed by atoms with van der Waals surface area (Å²) < 4.78 is 27.3. The number of hydrogen-bond acceptors (Lipinski definition) is 3. The third-order valence-electron chi connectivity index (χ3n) is 4.72. The Balaban J connectivity index is 1.84. The summed E-state index contributed by atoms with van der Waals surface area (Å²) in [6.45, 7) is 1.29. The molecular formula is C18H20Cl2N2O2S. The van der Waals surface area contributed by atoms with Crippen LogP contribution in [0.15, 0.2) is 48.5 Å². The van der Waals surface area contributed by atoms with Crippen LogP contribution in [0.25, 0.3) is 0 Å². The van der Waals surface area contributed by atoms with Gasteiger partial charge in [0.25, 0.3) is 0 Å². The Labute approximate surface area is 158 Å². The third-order valence-corrected chi connectivity index (χ3v) is 7.17. The molecule has 1 heterocycles. The highest BCUT2D eigenvalue weighted by atomic mass is 35.5. The van der Waals surface area contributed by atoms with E-state index in [4.69, 9.17) is 28.9 Å². The molecule has 4 nitrogen and oxygen atoms in total. The molecule has 0 radical (unpaired) electrons. The van der Waals surface area contributed by atoms with Crippen molar-refractivity contribution in [2.24, 2.45) is 11.7 Å². The quantitative estimate of drug-likeness (QED) is 0.837. The summed E-state index contributed by atoms with van der Waals surface area (Å²) in [5, 5.41) is 0.732. The van der Waals surface area contributed by atoms with Gasteiger partial charge in [0.05, 0.1) is 5.75 Å². The molecular weight excluding hydrogens is 379 g/mol. The molecule has 0 aromatic heterocycles. The molecule has 1 aliphatic rings. The average Bonchev–Trinajstić information content (AvgIpc) is 3.04. The summed E-state index contributed by atoms with van der Waals surface area (Å²) in [7, 11) is -3.53. The summed E-state index contributed by atoms with van der Waals surface area (Å²) in [5.74, 6) is -0.00815. The van der Waals surface area contributed by atoms with Gasteiger partial charge in [-0.1, -0.05) is 59.6 Å². The van der Waals surface area contributed by atoms with E-state index in [1.165, 1.54) is 4.31 Å². The molecule has 2 aromatic carbocycles. The van der Waals surface area contributed by atoms with Gasteiger partial charge in [-0.15, -0.1) is 0 Å². The molecule has 0 amide bonds. The minimum Gasteiger partial charge on any atom is -0.330 e. The van der Waals surface area contributed by atoms with Gasteiger partial charge in [0.15, 0.2) is 0 Å². The summed E-state index contributed by atoms with van der Waals surface area (Å²) in [6.07, 6.45) is 0.